The largest absolute Gasteiger partial charge is 0.507 e. The van der Waals surface area contributed by atoms with Crippen LogP contribution >= 0.6 is 11.3 Å². The Bertz CT molecular complexity index is 1800. The summed E-state index contributed by atoms with van der Waals surface area (Å²) in [6.07, 6.45) is 1.82. The fourth-order valence-electron chi connectivity index (χ4n) is 4.99. The fourth-order valence-corrected chi connectivity index (χ4v) is 6.01. The minimum atomic E-state index is 0. The van der Waals surface area contributed by atoms with Gasteiger partial charge >= 0.3 is 0 Å². The van der Waals surface area contributed by atoms with E-state index in [0.29, 0.717) is 11.8 Å². The monoisotopic (exact) mass is 734 g/mol. The van der Waals surface area contributed by atoms with E-state index in [9.17, 15) is 5.11 Å². The third-order valence-electron chi connectivity index (χ3n) is 7.30. The van der Waals surface area contributed by atoms with Crippen LogP contribution < -0.4 is 0 Å². The number of hydrogen-bond donors (Lipinski definition) is 1. The Hall–Kier alpha value is -3.59. The van der Waals surface area contributed by atoms with E-state index in [1.54, 1.807) is 17.4 Å². The number of phenolic OH excluding ortho intramolecular Hbond substituents is 1. The zero-order valence-corrected chi connectivity index (χ0v) is 26.5. The Morgan fingerprint density at radius 3 is 2.05 bits per heavy atom. The van der Waals surface area contributed by atoms with Crippen molar-refractivity contribution in [3.63, 3.8) is 0 Å². The van der Waals surface area contributed by atoms with Crippen molar-refractivity contribution in [2.75, 3.05) is 0 Å². The van der Waals surface area contributed by atoms with Gasteiger partial charge in [-0.05, 0) is 52.8 Å². The molecule has 0 atom stereocenters. The van der Waals surface area contributed by atoms with Crippen molar-refractivity contribution >= 4 is 21.6 Å². The Morgan fingerprint density at radius 2 is 1.37 bits per heavy atom. The van der Waals surface area contributed by atoms with Gasteiger partial charge in [-0.15, -0.1) is 35.1 Å². The molecule has 6 aromatic rings. The minimum absolute atomic E-state index is 0. The van der Waals surface area contributed by atoms with Crippen LogP contribution in [0.25, 0.3) is 54.3 Å². The number of aromatic hydroxyl groups is 1. The molecule has 0 unspecified atom stereocenters. The van der Waals surface area contributed by atoms with E-state index < -0.39 is 0 Å². The Labute approximate surface area is 260 Å². The van der Waals surface area contributed by atoms with Crippen LogP contribution in [0.2, 0.25) is 0 Å². The van der Waals surface area contributed by atoms with Crippen LogP contribution in [0.5, 0.6) is 5.75 Å². The van der Waals surface area contributed by atoms with Gasteiger partial charge < -0.3 is 5.11 Å². The molecule has 0 aliphatic rings. The van der Waals surface area contributed by atoms with E-state index >= 15 is 0 Å². The van der Waals surface area contributed by atoms with Crippen molar-refractivity contribution in [3.8, 4) is 49.8 Å². The summed E-state index contributed by atoms with van der Waals surface area (Å²) in [5.41, 5.74) is 10.5. The molecule has 5 heteroatoms. The normalized spacial score (nSPS) is 11.3. The summed E-state index contributed by atoms with van der Waals surface area (Å²) in [5.74, 6) is 1.10. The third kappa shape index (κ3) is 5.91. The SMILES string of the molecule is CC(C)c1cc(-c2cc(-c3ccccn3)[c-]c(-c3cccc4sc(-c5ccccc5O)nc34)c2)cc(C(C)C)c1.[Pt]. The van der Waals surface area contributed by atoms with Crippen molar-refractivity contribution in [1.82, 2.24) is 9.97 Å². The maximum Gasteiger partial charge on any atom is 0.127 e. The zero-order valence-electron chi connectivity index (χ0n) is 23.5. The fraction of sp³-hybridized carbons (Fsp3) is 0.167. The summed E-state index contributed by atoms with van der Waals surface area (Å²) in [4.78, 5) is 9.68. The van der Waals surface area contributed by atoms with E-state index in [2.05, 4.69) is 87.3 Å². The van der Waals surface area contributed by atoms with Gasteiger partial charge in [0.15, 0.2) is 0 Å². The molecule has 0 bridgehead atoms. The molecule has 0 aliphatic heterocycles. The van der Waals surface area contributed by atoms with E-state index in [4.69, 9.17) is 4.98 Å². The number of pyridine rings is 1. The van der Waals surface area contributed by atoms with Crippen LogP contribution in [0.4, 0.5) is 0 Å². The smallest absolute Gasteiger partial charge is 0.127 e. The predicted molar refractivity (Wildman–Crippen MR) is 168 cm³/mol. The molecular formula is C36H31N2OPtS-. The Kier molecular flexibility index (Phi) is 8.54. The van der Waals surface area contributed by atoms with Crippen LogP contribution in [-0.2, 0) is 21.1 Å². The van der Waals surface area contributed by atoms with E-state index in [1.807, 2.05) is 42.6 Å². The number of rotatable bonds is 6. The van der Waals surface area contributed by atoms with Crippen LogP contribution in [0.3, 0.4) is 0 Å². The van der Waals surface area contributed by atoms with Crippen LogP contribution in [0.1, 0.15) is 50.7 Å². The Morgan fingerprint density at radius 1 is 0.707 bits per heavy atom. The van der Waals surface area contributed by atoms with Crippen molar-refractivity contribution in [2.24, 2.45) is 0 Å². The summed E-state index contributed by atoms with van der Waals surface area (Å²) >= 11 is 1.59. The molecule has 6 rings (SSSR count). The molecule has 41 heavy (non-hydrogen) atoms. The summed E-state index contributed by atoms with van der Waals surface area (Å²) in [7, 11) is 0. The van der Waals surface area contributed by atoms with Gasteiger partial charge in [0.05, 0.1) is 11.1 Å². The minimum Gasteiger partial charge on any atom is -0.507 e. The average Bonchev–Trinajstić information content (AvgIpc) is 3.41. The first-order chi connectivity index (χ1) is 19.4. The third-order valence-corrected chi connectivity index (χ3v) is 8.35. The average molecular weight is 735 g/mol. The zero-order chi connectivity index (χ0) is 27.8. The van der Waals surface area contributed by atoms with Gasteiger partial charge in [-0.2, -0.15) is 0 Å². The quantitative estimate of drug-likeness (QED) is 0.173. The first-order valence-corrected chi connectivity index (χ1v) is 14.5. The van der Waals surface area contributed by atoms with Gasteiger partial charge in [-0.25, -0.2) is 4.98 Å². The van der Waals surface area contributed by atoms with Gasteiger partial charge in [0, 0.05) is 37.7 Å². The molecule has 2 heterocycles. The van der Waals surface area contributed by atoms with Crippen molar-refractivity contribution in [1.29, 1.82) is 0 Å². The van der Waals surface area contributed by atoms with Gasteiger partial charge in [0.2, 0.25) is 0 Å². The number of nitrogens with zero attached hydrogens (tertiary/aromatic N) is 2. The number of phenols is 1. The molecule has 0 amide bonds. The molecule has 0 saturated carbocycles. The number of benzene rings is 4. The second-order valence-electron chi connectivity index (χ2n) is 10.8. The first-order valence-electron chi connectivity index (χ1n) is 13.7. The maximum atomic E-state index is 10.5. The molecular weight excluding hydrogens is 704 g/mol. The maximum absolute atomic E-state index is 10.5. The number of thiazole rings is 1. The van der Waals surface area contributed by atoms with Gasteiger partial charge in [0.1, 0.15) is 10.8 Å². The van der Waals surface area contributed by atoms with Crippen LogP contribution in [0, 0.1) is 6.07 Å². The molecule has 1 N–H and O–H groups in total. The van der Waals surface area contributed by atoms with Gasteiger partial charge in [-0.3, -0.25) is 4.98 Å². The molecule has 0 radical (unpaired) electrons. The Balaban J connectivity index is 0.00000337. The molecule has 0 spiro atoms. The van der Waals surface area contributed by atoms with E-state index in [0.717, 1.165) is 48.7 Å². The van der Waals surface area contributed by atoms with Crippen molar-refractivity contribution < 1.29 is 26.2 Å². The topological polar surface area (TPSA) is 46.0 Å². The second kappa shape index (κ2) is 12.1. The summed E-state index contributed by atoms with van der Waals surface area (Å²) < 4.78 is 1.07. The number of aromatic nitrogens is 2. The standard InChI is InChI=1S/C36H31N2OS.Pt/c1-22(2)24-16-25(23(3)4)18-26(17-24)27-19-28(21-29(20-27)32-12-7-8-15-37-32)30-11-9-14-34-35(30)38-36(40-34)31-10-5-6-13-33(31)39;/h5-20,22-23,39H,1-4H3;/q-1;. The molecule has 0 aliphatic carbocycles. The number of para-hydroxylation sites is 2. The number of fused-ring (bicyclic) bond motifs is 1. The van der Waals surface area contributed by atoms with Gasteiger partial charge in [0.25, 0.3) is 0 Å². The predicted octanol–water partition coefficient (Wildman–Crippen LogP) is 10.1. The molecule has 208 valence electrons. The van der Waals surface area contributed by atoms with Crippen molar-refractivity contribution in [3.05, 3.63) is 114 Å². The molecule has 0 fully saturated rings. The van der Waals surface area contributed by atoms with Gasteiger partial charge in [-0.1, -0.05) is 99.0 Å². The molecule has 3 nitrogen and oxygen atoms in total. The van der Waals surface area contributed by atoms with E-state index in [-0.39, 0.29) is 26.8 Å². The summed E-state index contributed by atoms with van der Waals surface area (Å²) in [5, 5.41) is 11.3. The second-order valence-corrected chi connectivity index (χ2v) is 11.8. The number of hydrogen-bond acceptors (Lipinski definition) is 4. The van der Waals surface area contributed by atoms with E-state index in [1.165, 1.54) is 16.7 Å². The summed E-state index contributed by atoms with van der Waals surface area (Å²) in [6, 6.07) is 34.7. The van der Waals surface area contributed by atoms with Crippen molar-refractivity contribution in [2.45, 2.75) is 39.5 Å². The van der Waals surface area contributed by atoms with Crippen LogP contribution in [0.15, 0.2) is 97.2 Å². The first kappa shape index (κ1) is 28.9. The summed E-state index contributed by atoms with van der Waals surface area (Å²) in [6.45, 7) is 8.99. The molecule has 4 aromatic carbocycles. The molecule has 2 aromatic heterocycles. The van der Waals surface area contributed by atoms with Crippen LogP contribution in [-0.4, -0.2) is 15.1 Å². The molecule has 0 saturated heterocycles.